The van der Waals surface area contributed by atoms with E-state index in [1.807, 2.05) is 0 Å². The van der Waals surface area contributed by atoms with Crippen LogP contribution in [0.1, 0.15) is 11.1 Å². The number of rotatable bonds is 2. The average molecular weight is 288 g/mol. The van der Waals surface area contributed by atoms with Gasteiger partial charge in [-0.3, -0.25) is 0 Å². The first-order chi connectivity index (χ1) is 9.34. The Balaban J connectivity index is 2.66. The summed E-state index contributed by atoms with van der Waals surface area (Å²) in [5.74, 6) is -2.83. The molecule has 0 aliphatic heterocycles. The number of ether oxygens (including phenoxy) is 1. The number of methoxy groups -OCH3 is 1. The summed E-state index contributed by atoms with van der Waals surface area (Å²) in [6, 6.07) is 0. The molecule has 0 atom stereocenters. The van der Waals surface area contributed by atoms with Crippen molar-refractivity contribution in [3.8, 4) is 17.3 Å². The van der Waals surface area contributed by atoms with E-state index >= 15 is 0 Å². The van der Waals surface area contributed by atoms with Gasteiger partial charge in [0.05, 0.1) is 19.5 Å². The highest BCUT2D eigenvalue weighted by Crippen LogP contribution is 2.37. The van der Waals surface area contributed by atoms with E-state index in [0.717, 1.165) is 7.11 Å². The van der Waals surface area contributed by atoms with Crippen molar-refractivity contribution in [2.75, 3.05) is 7.11 Å². The largest absolute Gasteiger partial charge is 0.480 e. The van der Waals surface area contributed by atoms with Gasteiger partial charge in [-0.2, -0.15) is 37.7 Å². The fraction of sp³-hybridized carbons (Fsp3) is 0.273. The predicted molar refractivity (Wildman–Crippen MR) is 59.3 cm³/mol. The highest BCUT2D eigenvalue weighted by molar-refractivity contribution is 5.58. The molecule has 0 spiro atoms. The maximum Gasteiger partial charge on any atom is 0.426 e. The van der Waals surface area contributed by atoms with Crippen molar-refractivity contribution in [1.29, 1.82) is 0 Å². The molecule has 0 saturated carbocycles. The Morgan fingerprint density at radius 3 is 2.30 bits per heavy atom. The van der Waals surface area contributed by atoms with Crippen molar-refractivity contribution in [1.82, 2.24) is 20.2 Å². The van der Waals surface area contributed by atoms with Crippen LogP contribution in [0.5, 0.6) is 5.88 Å². The van der Waals surface area contributed by atoms with Gasteiger partial charge in [0.25, 0.3) is 0 Å². The first-order valence-corrected chi connectivity index (χ1v) is 5.31. The topological polar surface area (TPSA) is 60.8 Å². The number of aryl methyl sites for hydroxylation is 1. The Kier molecular flexibility index (Phi) is 3.51. The molecule has 2 aromatic heterocycles. The maximum absolute atomic E-state index is 13.6. The quantitative estimate of drug-likeness (QED) is 0.627. The standard InChI is InChI=1S/C11H8F4N4O/c1-5-3-16-17-4-6(5)9-18-8(12)7(11(13,14)15)10(19-9)20-2/h3-4H,1-2H3. The molecular formula is C11H8F4N4O. The van der Waals surface area contributed by atoms with Gasteiger partial charge in [0.1, 0.15) is 0 Å². The third-order valence-corrected chi connectivity index (χ3v) is 2.48. The number of aromatic nitrogens is 4. The zero-order valence-electron chi connectivity index (χ0n) is 10.4. The Hall–Kier alpha value is -2.32. The highest BCUT2D eigenvalue weighted by Gasteiger charge is 2.40. The first kappa shape index (κ1) is 14.1. The minimum absolute atomic E-state index is 0.250. The van der Waals surface area contributed by atoms with Gasteiger partial charge in [0.2, 0.25) is 11.8 Å². The average Bonchev–Trinajstić information content (AvgIpc) is 2.36. The molecule has 0 aliphatic carbocycles. The van der Waals surface area contributed by atoms with E-state index < -0.39 is 23.6 Å². The normalized spacial score (nSPS) is 11.5. The molecule has 20 heavy (non-hydrogen) atoms. The van der Waals surface area contributed by atoms with Gasteiger partial charge >= 0.3 is 6.18 Å². The van der Waals surface area contributed by atoms with Gasteiger partial charge in [-0.05, 0) is 12.5 Å². The lowest BCUT2D eigenvalue weighted by molar-refractivity contribution is -0.142. The molecule has 0 N–H and O–H groups in total. The van der Waals surface area contributed by atoms with Crippen LogP contribution in [-0.4, -0.2) is 27.3 Å². The summed E-state index contributed by atoms with van der Waals surface area (Å²) < 4.78 is 56.2. The van der Waals surface area contributed by atoms with Gasteiger partial charge in [-0.1, -0.05) is 0 Å². The molecule has 0 bridgehead atoms. The summed E-state index contributed by atoms with van der Waals surface area (Å²) >= 11 is 0. The Labute approximate surface area is 110 Å². The lowest BCUT2D eigenvalue weighted by Crippen LogP contribution is -2.14. The summed E-state index contributed by atoms with van der Waals surface area (Å²) in [6.45, 7) is 1.62. The van der Waals surface area contributed by atoms with Crippen molar-refractivity contribution in [3.63, 3.8) is 0 Å². The van der Waals surface area contributed by atoms with Crippen LogP contribution in [0.15, 0.2) is 12.4 Å². The van der Waals surface area contributed by atoms with E-state index in [1.165, 1.54) is 12.4 Å². The van der Waals surface area contributed by atoms with Crippen molar-refractivity contribution < 1.29 is 22.3 Å². The number of alkyl halides is 3. The molecule has 0 radical (unpaired) electrons. The van der Waals surface area contributed by atoms with Crippen LogP contribution in [0.2, 0.25) is 0 Å². The summed E-state index contributed by atoms with van der Waals surface area (Å²) in [7, 11) is 0.971. The van der Waals surface area contributed by atoms with Gasteiger partial charge in [-0.15, -0.1) is 0 Å². The van der Waals surface area contributed by atoms with Crippen LogP contribution in [0.25, 0.3) is 11.4 Å². The summed E-state index contributed by atoms with van der Waals surface area (Å²) in [6.07, 6.45) is -2.35. The molecule has 106 valence electrons. The highest BCUT2D eigenvalue weighted by atomic mass is 19.4. The maximum atomic E-state index is 13.6. The molecule has 2 rings (SSSR count). The van der Waals surface area contributed by atoms with Crippen LogP contribution in [0, 0.1) is 12.9 Å². The van der Waals surface area contributed by atoms with Gasteiger partial charge in [0, 0.05) is 5.56 Å². The molecule has 5 nitrogen and oxygen atoms in total. The second-order valence-electron chi connectivity index (χ2n) is 3.81. The second kappa shape index (κ2) is 4.99. The molecular weight excluding hydrogens is 280 g/mol. The van der Waals surface area contributed by atoms with Gasteiger partial charge in [0.15, 0.2) is 11.4 Å². The number of nitrogens with zero attached hydrogens (tertiary/aromatic N) is 4. The SMILES string of the molecule is COc1nc(-c2cnncc2C)nc(F)c1C(F)(F)F. The van der Waals surface area contributed by atoms with E-state index in [2.05, 4.69) is 24.9 Å². The Morgan fingerprint density at radius 2 is 1.75 bits per heavy atom. The van der Waals surface area contributed by atoms with Crippen molar-refractivity contribution >= 4 is 0 Å². The zero-order chi connectivity index (χ0) is 14.9. The molecule has 0 amide bonds. The van der Waals surface area contributed by atoms with Crippen LogP contribution in [0.4, 0.5) is 17.6 Å². The van der Waals surface area contributed by atoms with E-state index in [9.17, 15) is 17.6 Å². The van der Waals surface area contributed by atoms with Crippen molar-refractivity contribution in [2.24, 2.45) is 0 Å². The molecule has 0 unspecified atom stereocenters. The monoisotopic (exact) mass is 288 g/mol. The smallest absolute Gasteiger partial charge is 0.426 e. The fourth-order valence-corrected chi connectivity index (χ4v) is 1.54. The lowest BCUT2D eigenvalue weighted by Gasteiger charge is -2.12. The number of halogens is 4. The van der Waals surface area contributed by atoms with Crippen LogP contribution in [0.3, 0.4) is 0 Å². The van der Waals surface area contributed by atoms with Crippen LogP contribution < -0.4 is 4.74 Å². The summed E-state index contributed by atoms with van der Waals surface area (Å²) in [4.78, 5) is 6.82. The molecule has 0 aliphatic rings. The second-order valence-corrected chi connectivity index (χ2v) is 3.81. The minimum Gasteiger partial charge on any atom is -0.480 e. The summed E-state index contributed by atoms with van der Waals surface area (Å²) in [5.41, 5.74) is -0.824. The predicted octanol–water partition coefficient (Wildman–Crippen LogP) is 2.41. The third kappa shape index (κ3) is 2.51. The molecule has 0 fully saturated rings. The fourth-order valence-electron chi connectivity index (χ4n) is 1.54. The van der Waals surface area contributed by atoms with Gasteiger partial charge < -0.3 is 4.74 Å². The van der Waals surface area contributed by atoms with Crippen LogP contribution in [-0.2, 0) is 6.18 Å². The van der Waals surface area contributed by atoms with E-state index in [0.29, 0.717) is 5.56 Å². The van der Waals surface area contributed by atoms with Crippen molar-refractivity contribution in [3.05, 3.63) is 29.5 Å². The van der Waals surface area contributed by atoms with E-state index in [1.54, 1.807) is 6.92 Å². The van der Waals surface area contributed by atoms with Crippen LogP contribution >= 0.6 is 0 Å². The lowest BCUT2D eigenvalue weighted by atomic mass is 10.2. The van der Waals surface area contributed by atoms with E-state index in [-0.39, 0.29) is 11.4 Å². The zero-order valence-corrected chi connectivity index (χ0v) is 10.4. The van der Waals surface area contributed by atoms with Crippen molar-refractivity contribution in [2.45, 2.75) is 13.1 Å². The Morgan fingerprint density at radius 1 is 1.10 bits per heavy atom. The first-order valence-electron chi connectivity index (χ1n) is 5.31. The third-order valence-electron chi connectivity index (χ3n) is 2.48. The minimum atomic E-state index is -4.94. The molecule has 0 aromatic carbocycles. The molecule has 0 saturated heterocycles. The van der Waals surface area contributed by atoms with E-state index in [4.69, 9.17) is 0 Å². The number of hydrogen-bond acceptors (Lipinski definition) is 5. The van der Waals surface area contributed by atoms with Gasteiger partial charge in [-0.25, -0.2) is 0 Å². The molecule has 9 heteroatoms. The summed E-state index contributed by atoms with van der Waals surface area (Å²) in [5, 5.41) is 7.14. The molecule has 2 heterocycles. The Bertz CT molecular complexity index is 645. The molecule has 2 aromatic rings. The number of hydrogen-bond donors (Lipinski definition) is 0.